The van der Waals surface area contributed by atoms with E-state index < -0.39 is 22.6 Å². The molecule has 0 spiro atoms. The largest absolute Gasteiger partial charge is 0.367 e. The fourth-order valence-electron chi connectivity index (χ4n) is 1.84. The van der Waals surface area contributed by atoms with Gasteiger partial charge >= 0.3 is 0 Å². The first-order valence-corrected chi connectivity index (χ1v) is 7.32. The van der Waals surface area contributed by atoms with Gasteiger partial charge in [-0.1, -0.05) is 53.5 Å². The van der Waals surface area contributed by atoms with Crippen LogP contribution in [0.3, 0.4) is 0 Å². The molecule has 0 heterocycles. The molecule has 1 atom stereocenters. The summed E-state index contributed by atoms with van der Waals surface area (Å²) in [6.45, 7) is 0. The molecular weight excluding hydrogens is 325 g/mol. The Morgan fingerprint density at radius 2 is 1.41 bits per heavy atom. The number of aliphatic hydroxyl groups excluding tert-OH is 1. The number of carbonyl (C=O) groups is 2. The van der Waals surface area contributed by atoms with Crippen molar-refractivity contribution in [1.82, 2.24) is 0 Å². The Labute approximate surface area is 137 Å². The van der Waals surface area contributed by atoms with Crippen LogP contribution in [0.1, 0.15) is 20.7 Å². The van der Waals surface area contributed by atoms with Crippen molar-refractivity contribution < 1.29 is 14.7 Å². The minimum atomic E-state index is -1.38. The normalized spacial score (nSPS) is 12.0. The lowest BCUT2D eigenvalue weighted by Gasteiger charge is -2.13. The van der Waals surface area contributed by atoms with Gasteiger partial charge < -0.3 is 10.4 Å². The molecule has 2 aromatic rings. The van der Waals surface area contributed by atoms with Crippen LogP contribution in [0, 0.1) is 0 Å². The topological polar surface area (TPSA) is 66.4 Å². The monoisotopic (exact) mass is 337 g/mol. The lowest BCUT2D eigenvalue weighted by atomic mass is 10.1. The van der Waals surface area contributed by atoms with E-state index in [0.717, 1.165) is 0 Å². The van der Waals surface area contributed by atoms with Gasteiger partial charge in [-0.25, -0.2) is 0 Å². The Balaban J connectivity index is 2.04. The predicted molar refractivity (Wildman–Crippen MR) is 86.7 cm³/mol. The molecular formula is C16H13Cl2NO3. The van der Waals surface area contributed by atoms with Crippen LogP contribution in [0.4, 0.5) is 5.69 Å². The second-order valence-corrected chi connectivity index (χ2v) is 5.62. The fourth-order valence-corrected chi connectivity index (χ4v) is 2.09. The molecule has 0 fully saturated rings. The zero-order valence-corrected chi connectivity index (χ0v) is 12.9. The van der Waals surface area contributed by atoms with Gasteiger partial charge in [0, 0.05) is 16.8 Å². The van der Waals surface area contributed by atoms with Gasteiger partial charge in [0.1, 0.15) is 0 Å². The highest BCUT2D eigenvalue weighted by Crippen LogP contribution is 2.16. The Morgan fingerprint density at radius 3 is 1.95 bits per heavy atom. The lowest BCUT2D eigenvalue weighted by molar-refractivity contribution is 0.0793. The molecule has 0 aliphatic heterocycles. The van der Waals surface area contributed by atoms with Gasteiger partial charge in [0.25, 0.3) is 0 Å². The van der Waals surface area contributed by atoms with E-state index in [1.165, 1.54) is 12.1 Å². The van der Waals surface area contributed by atoms with E-state index in [1.54, 1.807) is 42.5 Å². The number of anilines is 1. The van der Waals surface area contributed by atoms with Crippen LogP contribution in [0.25, 0.3) is 0 Å². The highest BCUT2D eigenvalue weighted by Gasteiger charge is 2.17. The van der Waals surface area contributed by atoms with Gasteiger partial charge in [-0.2, -0.15) is 0 Å². The molecule has 0 radical (unpaired) electrons. The molecule has 0 bridgehead atoms. The van der Waals surface area contributed by atoms with Crippen molar-refractivity contribution >= 4 is 40.5 Å². The molecule has 22 heavy (non-hydrogen) atoms. The molecule has 0 aliphatic rings. The number of nitrogens with one attached hydrogen (secondary N) is 1. The second kappa shape index (κ2) is 7.40. The molecule has 0 saturated carbocycles. The van der Waals surface area contributed by atoms with Crippen molar-refractivity contribution in [2.45, 2.75) is 11.1 Å². The molecule has 2 aromatic carbocycles. The summed E-state index contributed by atoms with van der Waals surface area (Å²) in [5, 5.41) is 12.6. The average molecular weight is 338 g/mol. The van der Waals surface area contributed by atoms with Crippen LogP contribution in [-0.4, -0.2) is 27.7 Å². The van der Waals surface area contributed by atoms with Crippen LogP contribution < -0.4 is 5.32 Å². The van der Waals surface area contributed by atoms with Gasteiger partial charge in [-0.05, 0) is 24.3 Å². The van der Waals surface area contributed by atoms with E-state index in [1.807, 2.05) is 0 Å². The number of hydrogen-bond acceptors (Lipinski definition) is 4. The fraction of sp³-hybridized carbons (Fsp3) is 0.125. The average Bonchev–Trinajstić information content (AvgIpc) is 2.54. The number of halogens is 2. The van der Waals surface area contributed by atoms with E-state index >= 15 is 0 Å². The minimum Gasteiger partial charge on any atom is -0.367 e. The molecule has 0 aliphatic carbocycles. The first-order valence-electron chi connectivity index (χ1n) is 6.45. The van der Waals surface area contributed by atoms with Crippen molar-refractivity contribution in [3.8, 4) is 0 Å². The minimum absolute atomic E-state index is 0.351. The summed E-state index contributed by atoms with van der Waals surface area (Å²) >= 11 is 11.0. The maximum atomic E-state index is 12.0. The van der Waals surface area contributed by atoms with Crippen molar-refractivity contribution in [1.29, 1.82) is 0 Å². The summed E-state index contributed by atoms with van der Waals surface area (Å²) in [6, 6.07) is 14.6. The second-order valence-electron chi connectivity index (χ2n) is 4.52. The molecule has 6 heteroatoms. The molecule has 0 amide bonds. The van der Waals surface area contributed by atoms with Gasteiger partial charge in [0.2, 0.25) is 5.78 Å². The van der Waals surface area contributed by atoms with Crippen molar-refractivity contribution in [3.63, 3.8) is 0 Å². The van der Waals surface area contributed by atoms with Gasteiger partial charge in [0.05, 0.1) is 0 Å². The lowest BCUT2D eigenvalue weighted by Crippen LogP contribution is -2.29. The van der Waals surface area contributed by atoms with Crippen LogP contribution >= 0.6 is 23.2 Å². The highest BCUT2D eigenvalue weighted by atomic mass is 35.5. The maximum Gasteiger partial charge on any atom is 0.211 e. The van der Waals surface area contributed by atoms with Crippen molar-refractivity contribution in [2.24, 2.45) is 0 Å². The third-order valence-corrected chi connectivity index (χ3v) is 3.37. The number of hydrogen-bond donors (Lipinski definition) is 2. The van der Waals surface area contributed by atoms with E-state index in [0.29, 0.717) is 16.8 Å². The standard InChI is InChI=1S/C16H13Cl2NO3/c17-15(18)13(20)11-6-8-12(9-7-11)19-16(22)14(21)10-4-2-1-3-5-10/h1-9,15-16,19,22H. The van der Waals surface area contributed by atoms with Gasteiger partial charge in [-0.3, -0.25) is 9.59 Å². The highest BCUT2D eigenvalue weighted by molar-refractivity contribution is 6.55. The van der Waals surface area contributed by atoms with Crippen LogP contribution in [-0.2, 0) is 0 Å². The first kappa shape index (κ1) is 16.5. The molecule has 114 valence electrons. The van der Waals surface area contributed by atoms with E-state index in [-0.39, 0.29) is 0 Å². The van der Waals surface area contributed by atoms with E-state index in [9.17, 15) is 14.7 Å². The summed E-state index contributed by atoms with van der Waals surface area (Å²) in [5.74, 6) is -0.849. The summed E-state index contributed by atoms with van der Waals surface area (Å²) in [6.07, 6.45) is -1.38. The third kappa shape index (κ3) is 4.07. The van der Waals surface area contributed by atoms with Crippen molar-refractivity contribution in [2.75, 3.05) is 5.32 Å². The van der Waals surface area contributed by atoms with Gasteiger partial charge in [0.15, 0.2) is 16.8 Å². The van der Waals surface area contributed by atoms with Crippen LogP contribution in [0.5, 0.6) is 0 Å². The Hall–Kier alpha value is -1.88. The quantitative estimate of drug-likeness (QED) is 0.482. The molecule has 2 rings (SSSR count). The van der Waals surface area contributed by atoms with E-state index in [4.69, 9.17) is 23.2 Å². The molecule has 4 nitrogen and oxygen atoms in total. The Morgan fingerprint density at radius 1 is 0.864 bits per heavy atom. The van der Waals surface area contributed by atoms with Crippen LogP contribution in [0.2, 0.25) is 0 Å². The smallest absolute Gasteiger partial charge is 0.211 e. The number of alkyl halides is 2. The SMILES string of the molecule is O=C(c1ccc(NC(O)C(=O)c2ccccc2)cc1)C(Cl)Cl. The zero-order chi connectivity index (χ0) is 16.1. The summed E-state index contributed by atoms with van der Waals surface area (Å²) in [7, 11) is 0. The van der Waals surface area contributed by atoms with Crippen molar-refractivity contribution in [3.05, 3.63) is 65.7 Å². The number of benzene rings is 2. The molecule has 0 saturated heterocycles. The number of ketones is 2. The number of aliphatic hydroxyl groups is 1. The summed E-state index contributed by atoms with van der Waals surface area (Å²) in [4.78, 5) is 22.5. The maximum absolute atomic E-state index is 12.0. The van der Waals surface area contributed by atoms with Gasteiger partial charge in [-0.15, -0.1) is 0 Å². The summed E-state index contributed by atoms with van der Waals surface area (Å²) in [5.41, 5.74) is 1.25. The number of Topliss-reactive ketones (excluding diaryl/α,β-unsaturated/α-hetero) is 2. The zero-order valence-electron chi connectivity index (χ0n) is 11.4. The summed E-state index contributed by atoms with van der Waals surface area (Å²) < 4.78 is 0. The molecule has 0 aromatic heterocycles. The van der Waals surface area contributed by atoms with Crippen LogP contribution in [0.15, 0.2) is 54.6 Å². The molecule has 2 N–H and O–H groups in total. The third-order valence-electron chi connectivity index (χ3n) is 2.98. The molecule has 1 unspecified atom stereocenters. The number of carbonyl (C=O) groups excluding carboxylic acids is 2. The first-order chi connectivity index (χ1) is 10.5. The predicted octanol–water partition coefficient (Wildman–Crippen LogP) is 3.29. The Bertz CT molecular complexity index is 657. The van der Waals surface area contributed by atoms with E-state index in [2.05, 4.69) is 5.32 Å². The number of rotatable bonds is 6. The Kier molecular flexibility index (Phi) is 5.55.